The average Bonchev–Trinajstić information content (AvgIpc) is 2.43. The van der Waals surface area contributed by atoms with Crippen molar-refractivity contribution >= 4 is 45.7 Å². The van der Waals surface area contributed by atoms with Crippen molar-refractivity contribution in [2.24, 2.45) is 0 Å². The van der Waals surface area contributed by atoms with Gasteiger partial charge in [-0.15, -0.1) is 24.0 Å². The third-order valence-electron chi connectivity index (χ3n) is 1.87. The van der Waals surface area contributed by atoms with Gasteiger partial charge in [0.15, 0.2) is 0 Å². The first-order valence-electron chi connectivity index (χ1n) is 3.73. The highest BCUT2D eigenvalue weighted by molar-refractivity contribution is 7.81. The van der Waals surface area contributed by atoms with Crippen molar-refractivity contribution in [2.75, 3.05) is 0 Å². The second-order valence-electron chi connectivity index (χ2n) is 2.71. The quantitative estimate of drug-likeness (QED) is 0.720. The van der Waals surface area contributed by atoms with E-state index in [-0.39, 0.29) is 6.61 Å². The lowest BCUT2D eigenvalue weighted by molar-refractivity contribution is 0.282. The third kappa shape index (κ3) is 1.57. The normalized spacial score (nSPS) is 11.0. The molecule has 1 aromatic heterocycles. The zero-order valence-electron chi connectivity index (χ0n) is 6.62. The number of fused-ring (bicyclic) bond motifs is 1. The monoisotopic (exact) mass is 230 g/mol. The van der Waals surface area contributed by atoms with E-state index in [1.54, 1.807) is 0 Å². The summed E-state index contributed by atoms with van der Waals surface area (Å²) < 4.78 is 1.81. The summed E-state index contributed by atoms with van der Waals surface area (Å²) >= 11 is 11.7. The van der Waals surface area contributed by atoms with Crippen LogP contribution in [0.5, 0.6) is 0 Å². The summed E-state index contributed by atoms with van der Waals surface area (Å²) in [7, 11) is 0. The van der Waals surface area contributed by atoms with E-state index < -0.39 is 0 Å². The average molecular weight is 231 g/mol. The number of hydrogen-bond acceptors (Lipinski definition) is 3. The van der Waals surface area contributed by atoms with Crippen molar-refractivity contribution in [3.8, 4) is 0 Å². The van der Waals surface area contributed by atoms with E-state index in [2.05, 4.69) is 12.6 Å². The molecule has 0 aliphatic heterocycles. The van der Waals surface area contributed by atoms with Crippen molar-refractivity contribution < 1.29 is 5.11 Å². The Bertz CT molecular complexity index is 450. The van der Waals surface area contributed by atoms with Gasteiger partial charge in [-0.2, -0.15) is 0 Å². The largest absolute Gasteiger partial charge is 0.392 e. The lowest BCUT2D eigenvalue weighted by Gasteiger charge is -1.95. The Balaban J connectivity index is 2.75. The van der Waals surface area contributed by atoms with Crippen molar-refractivity contribution in [1.82, 2.24) is 0 Å². The zero-order chi connectivity index (χ0) is 9.42. The molecule has 1 aromatic carbocycles. The Morgan fingerprint density at radius 3 is 2.92 bits per heavy atom. The maximum atomic E-state index is 8.94. The van der Waals surface area contributed by atoms with Crippen LogP contribution in [-0.2, 0) is 6.61 Å². The van der Waals surface area contributed by atoms with Crippen LogP contribution in [0.2, 0.25) is 4.34 Å². The molecule has 0 saturated heterocycles. The molecule has 0 radical (unpaired) electrons. The van der Waals surface area contributed by atoms with Gasteiger partial charge in [0.2, 0.25) is 0 Å². The van der Waals surface area contributed by atoms with Gasteiger partial charge in [0.1, 0.15) is 4.34 Å². The van der Waals surface area contributed by atoms with Crippen LogP contribution < -0.4 is 0 Å². The lowest BCUT2D eigenvalue weighted by atomic mass is 10.2. The summed E-state index contributed by atoms with van der Waals surface area (Å²) in [5, 5.41) is 9.96. The first kappa shape index (κ1) is 9.34. The molecule has 0 saturated carbocycles. The maximum absolute atomic E-state index is 8.94. The van der Waals surface area contributed by atoms with Gasteiger partial charge in [0, 0.05) is 15.0 Å². The molecule has 2 rings (SSSR count). The smallest absolute Gasteiger partial charge is 0.107 e. The van der Waals surface area contributed by atoms with E-state index in [4.69, 9.17) is 16.7 Å². The molecule has 0 amide bonds. The fourth-order valence-electron chi connectivity index (χ4n) is 1.20. The molecular weight excluding hydrogens is 224 g/mol. The summed E-state index contributed by atoms with van der Waals surface area (Å²) in [6.07, 6.45) is 0. The molecule has 0 aliphatic carbocycles. The minimum Gasteiger partial charge on any atom is -0.392 e. The highest BCUT2D eigenvalue weighted by atomic mass is 35.5. The van der Waals surface area contributed by atoms with Gasteiger partial charge in [-0.1, -0.05) is 17.7 Å². The molecule has 1 nitrogen and oxygen atoms in total. The molecule has 0 spiro atoms. The number of thiophene rings is 1. The summed E-state index contributed by atoms with van der Waals surface area (Å²) in [5.41, 5.74) is 0.886. The zero-order valence-corrected chi connectivity index (χ0v) is 9.09. The van der Waals surface area contributed by atoms with Crippen molar-refractivity contribution in [3.63, 3.8) is 0 Å². The molecule has 0 unspecified atom stereocenters. The Morgan fingerprint density at radius 1 is 1.46 bits per heavy atom. The predicted octanol–water partition coefficient (Wildman–Crippen LogP) is 3.34. The van der Waals surface area contributed by atoms with E-state index in [0.717, 1.165) is 20.5 Å². The molecule has 4 heteroatoms. The van der Waals surface area contributed by atoms with Gasteiger partial charge in [-0.3, -0.25) is 0 Å². The minimum atomic E-state index is 0.0522. The number of benzene rings is 1. The minimum absolute atomic E-state index is 0.0522. The fraction of sp³-hybridized carbons (Fsp3) is 0.111. The van der Waals surface area contributed by atoms with Crippen molar-refractivity contribution in [2.45, 2.75) is 11.5 Å². The number of aliphatic hydroxyl groups excluding tert-OH is 1. The van der Waals surface area contributed by atoms with Gasteiger partial charge in [0.05, 0.1) is 6.61 Å². The molecule has 1 heterocycles. The fourth-order valence-corrected chi connectivity index (χ4v) is 2.76. The molecule has 0 atom stereocenters. The molecular formula is C9H7ClOS2. The molecule has 1 N–H and O–H groups in total. The summed E-state index contributed by atoms with van der Waals surface area (Å²) in [4.78, 5) is 0.803. The molecule has 2 aromatic rings. The van der Waals surface area contributed by atoms with E-state index in [0.29, 0.717) is 4.34 Å². The lowest BCUT2D eigenvalue weighted by Crippen LogP contribution is -1.80. The summed E-state index contributed by atoms with van der Waals surface area (Å²) in [6.45, 7) is 0.0522. The standard InChI is InChI=1S/C9H7ClOS2/c10-9-8(12)6-3-5(4-11)1-2-7(6)13-9/h1-3,11-12H,4H2. The maximum Gasteiger partial charge on any atom is 0.107 e. The second kappa shape index (κ2) is 3.50. The van der Waals surface area contributed by atoms with Crippen LogP contribution in [0.4, 0.5) is 0 Å². The van der Waals surface area contributed by atoms with Crippen LogP contribution in [0.15, 0.2) is 23.1 Å². The van der Waals surface area contributed by atoms with Crippen LogP contribution in [0.25, 0.3) is 10.1 Å². The van der Waals surface area contributed by atoms with Crippen LogP contribution >= 0.6 is 35.6 Å². The summed E-state index contributed by atoms with van der Waals surface area (Å²) in [6, 6.07) is 5.76. The molecule has 68 valence electrons. The molecule has 13 heavy (non-hydrogen) atoms. The van der Waals surface area contributed by atoms with Gasteiger partial charge in [-0.25, -0.2) is 0 Å². The Labute approximate surface area is 90.4 Å². The van der Waals surface area contributed by atoms with Gasteiger partial charge in [0.25, 0.3) is 0 Å². The van der Waals surface area contributed by atoms with Gasteiger partial charge in [-0.05, 0) is 17.7 Å². The van der Waals surface area contributed by atoms with E-state index in [1.165, 1.54) is 11.3 Å². The second-order valence-corrected chi connectivity index (χ2v) is 4.81. The Morgan fingerprint density at radius 2 is 2.23 bits per heavy atom. The van der Waals surface area contributed by atoms with E-state index in [9.17, 15) is 0 Å². The summed E-state index contributed by atoms with van der Waals surface area (Å²) in [5.74, 6) is 0. The Kier molecular flexibility index (Phi) is 2.51. The number of hydrogen-bond donors (Lipinski definition) is 2. The predicted molar refractivity (Wildman–Crippen MR) is 60.0 cm³/mol. The third-order valence-corrected chi connectivity index (χ3v) is 3.99. The number of aliphatic hydroxyl groups is 1. The topological polar surface area (TPSA) is 20.2 Å². The highest BCUT2D eigenvalue weighted by Gasteiger charge is 2.07. The van der Waals surface area contributed by atoms with Crippen molar-refractivity contribution in [1.29, 1.82) is 0 Å². The SMILES string of the molecule is OCc1ccc2sc(Cl)c(S)c2c1. The number of rotatable bonds is 1. The molecule has 0 fully saturated rings. The van der Waals surface area contributed by atoms with Gasteiger partial charge >= 0.3 is 0 Å². The van der Waals surface area contributed by atoms with Crippen LogP contribution in [-0.4, -0.2) is 5.11 Å². The highest BCUT2D eigenvalue weighted by Crippen LogP contribution is 2.37. The first-order chi connectivity index (χ1) is 6.22. The Hall–Kier alpha value is -0.220. The van der Waals surface area contributed by atoms with E-state index >= 15 is 0 Å². The number of halogens is 1. The number of thiol groups is 1. The first-order valence-corrected chi connectivity index (χ1v) is 5.37. The van der Waals surface area contributed by atoms with Crippen LogP contribution in [0, 0.1) is 0 Å². The van der Waals surface area contributed by atoms with E-state index in [1.807, 2.05) is 18.2 Å². The van der Waals surface area contributed by atoms with Crippen molar-refractivity contribution in [3.05, 3.63) is 28.1 Å². The van der Waals surface area contributed by atoms with Crippen LogP contribution in [0.3, 0.4) is 0 Å². The van der Waals surface area contributed by atoms with Crippen LogP contribution in [0.1, 0.15) is 5.56 Å². The molecule has 0 bridgehead atoms. The van der Waals surface area contributed by atoms with Gasteiger partial charge < -0.3 is 5.11 Å². The molecule has 0 aliphatic rings.